The summed E-state index contributed by atoms with van der Waals surface area (Å²) in [6.07, 6.45) is 3.02. The Hall–Kier alpha value is -3.29. The van der Waals surface area contributed by atoms with Gasteiger partial charge in [0.05, 0.1) is 26.3 Å². The highest BCUT2D eigenvalue weighted by Gasteiger charge is 2.14. The first-order chi connectivity index (χ1) is 12.0. The molecule has 0 atom stereocenters. The Morgan fingerprint density at radius 3 is 2.68 bits per heavy atom. The number of rotatable bonds is 6. The van der Waals surface area contributed by atoms with Crippen LogP contribution in [0.3, 0.4) is 0 Å². The van der Waals surface area contributed by atoms with Gasteiger partial charge >= 0.3 is 5.97 Å². The Labute approximate surface area is 142 Å². The Bertz CT molecular complexity index is 990. The largest absolute Gasteiger partial charge is 0.497 e. The predicted octanol–water partition coefficient (Wildman–Crippen LogP) is 1.65. The lowest BCUT2D eigenvalue weighted by atomic mass is 10.1. The van der Waals surface area contributed by atoms with Gasteiger partial charge in [-0.3, -0.25) is 9.59 Å². The van der Waals surface area contributed by atoms with Crippen LogP contribution in [0.5, 0.6) is 11.5 Å². The number of carboxylic acid groups (broad SMARTS) is 1. The Balaban J connectivity index is 2.09. The van der Waals surface area contributed by atoms with E-state index >= 15 is 0 Å². The van der Waals surface area contributed by atoms with Crippen molar-refractivity contribution >= 4 is 11.5 Å². The molecule has 0 spiro atoms. The van der Waals surface area contributed by atoms with Gasteiger partial charge in [-0.1, -0.05) is 0 Å². The fraction of sp³-hybridized carbons (Fsp3) is 0.235. The maximum Gasteiger partial charge on any atom is 0.305 e. The van der Waals surface area contributed by atoms with Crippen LogP contribution >= 0.6 is 0 Å². The highest BCUT2D eigenvalue weighted by atomic mass is 16.5. The van der Waals surface area contributed by atoms with Gasteiger partial charge in [-0.2, -0.15) is 5.10 Å². The number of hydrogen-bond donors (Lipinski definition) is 1. The molecular formula is C17H17N3O5. The molecule has 1 N–H and O–H groups in total. The number of aryl methyl sites for hydroxylation is 1. The van der Waals surface area contributed by atoms with Crippen LogP contribution in [0.25, 0.3) is 16.8 Å². The number of carbonyl (C=O) groups is 1. The Kier molecular flexibility index (Phi) is 4.42. The van der Waals surface area contributed by atoms with E-state index in [0.29, 0.717) is 28.3 Å². The standard InChI is InChI=1S/C17H17N3O5/c1-24-11-3-4-15(25-2)12(9-11)13-10-14-17(23)19(6-5-16(21)22)7-8-20(14)18-13/h3-4,7-10H,5-6H2,1-2H3,(H,21,22). The zero-order valence-corrected chi connectivity index (χ0v) is 13.8. The van der Waals surface area contributed by atoms with E-state index < -0.39 is 5.97 Å². The number of aromatic nitrogens is 3. The molecule has 0 fully saturated rings. The van der Waals surface area contributed by atoms with E-state index in [1.54, 1.807) is 44.7 Å². The monoisotopic (exact) mass is 343 g/mol. The second-order valence-corrected chi connectivity index (χ2v) is 5.37. The van der Waals surface area contributed by atoms with E-state index in [1.807, 2.05) is 0 Å². The van der Waals surface area contributed by atoms with Crippen LogP contribution in [-0.2, 0) is 11.3 Å². The van der Waals surface area contributed by atoms with Crippen LogP contribution in [-0.4, -0.2) is 39.5 Å². The van der Waals surface area contributed by atoms with Crippen molar-refractivity contribution in [3.05, 3.63) is 47.0 Å². The van der Waals surface area contributed by atoms with Gasteiger partial charge in [-0.25, -0.2) is 4.52 Å². The van der Waals surface area contributed by atoms with Gasteiger partial charge in [0, 0.05) is 24.5 Å². The molecule has 130 valence electrons. The second-order valence-electron chi connectivity index (χ2n) is 5.37. The van der Waals surface area contributed by atoms with Gasteiger partial charge in [0.25, 0.3) is 5.56 Å². The zero-order valence-electron chi connectivity index (χ0n) is 13.8. The van der Waals surface area contributed by atoms with Gasteiger partial charge in [0.2, 0.25) is 0 Å². The maximum atomic E-state index is 12.5. The zero-order chi connectivity index (χ0) is 18.0. The van der Waals surface area contributed by atoms with E-state index in [1.165, 1.54) is 15.3 Å². The van der Waals surface area contributed by atoms with Crippen LogP contribution in [0.1, 0.15) is 6.42 Å². The van der Waals surface area contributed by atoms with Gasteiger partial charge in [0.15, 0.2) is 0 Å². The number of carboxylic acids is 1. The summed E-state index contributed by atoms with van der Waals surface area (Å²) < 4.78 is 13.4. The molecule has 3 aromatic rings. The minimum Gasteiger partial charge on any atom is -0.497 e. The van der Waals surface area contributed by atoms with Gasteiger partial charge < -0.3 is 19.1 Å². The van der Waals surface area contributed by atoms with Crippen molar-refractivity contribution in [1.82, 2.24) is 14.2 Å². The van der Waals surface area contributed by atoms with Crippen LogP contribution in [0.4, 0.5) is 0 Å². The number of nitrogens with zero attached hydrogens (tertiary/aromatic N) is 3. The van der Waals surface area contributed by atoms with E-state index in [0.717, 1.165) is 0 Å². The molecule has 0 aliphatic heterocycles. The van der Waals surface area contributed by atoms with Crippen molar-refractivity contribution in [3.8, 4) is 22.8 Å². The SMILES string of the molecule is COc1ccc(OC)c(-c2cc3c(=O)n(CCC(=O)O)ccn3n2)c1. The molecule has 0 unspecified atom stereocenters. The van der Waals surface area contributed by atoms with Crippen molar-refractivity contribution in [2.75, 3.05) is 14.2 Å². The molecule has 8 nitrogen and oxygen atoms in total. The lowest BCUT2D eigenvalue weighted by molar-refractivity contribution is -0.137. The van der Waals surface area contributed by atoms with Gasteiger partial charge in [0.1, 0.15) is 17.0 Å². The van der Waals surface area contributed by atoms with Crippen molar-refractivity contribution in [1.29, 1.82) is 0 Å². The highest BCUT2D eigenvalue weighted by Crippen LogP contribution is 2.32. The molecule has 8 heteroatoms. The molecule has 0 bridgehead atoms. The number of fused-ring (bicyclic) bond motifs is 1. The second kappa shape index (κ2) is 6.68. The molecule has 0 radical (unpaired) electrons. The van der Waals surface area contributed by atoms with Crippen LogP contribution in [0.2, 0.25) is 0 Å². The quantitative estimate of drug-likeness (QED) is 0.731. The minimum absolute atomic E-state index is 0.105. The third-order valence-electron chi connectivity index (χ3n) is 3.85. The average Bonchev–Trinajstić information content (AvgIpc) is 3.05. The van der Waals surface area contributed by atoms with E-state index in [-0.39, 0.29) is 18.5 Å². The molecule has 0 aliphatic carbocycles. The topological polar surface area (TPSA) is 95.1 Å². The average molecular weight is 343 g/mol. The summed E-state index contributed by atoms with van der Waals surface area (Å²) in [4.78, 5) is 23.2. The summed E-state index contributed by atoms with van der Waals surface area (Å²) in [6, 6.07) is 6.97. The lowest BCUT2D eigenvalue weighted by Gasteiger charge is -2.08. The molecule has 0 aliphatic rings. The first kappa shape index (κ1) is 16.6. The maximum absolute atomic E-state index is 12.5. The van der Waals surface area contributed by atoms with Crippen molar-refractivity contribution in [2.45, 2.75) is 13.0 Å². The van der Waals surface area contributed by atoms with E-state index in [4.69, 9.17) is 14.6 Å². The number of ether oxygens (including phenoxy) is 2. The molecule has 0 amide bonds. The fourth-order valence-electron chi connectivity index (χ4n) is 2.56. The summed E-state index contributed by atoms with van der Waals surface area (Å²) in [5, 5.41) is 13.2. The number of benzene rings is 1. The van der Waals surface area contributed by atoms with Gasteiger partial charge in [-0.05, 0) is 24.3 Å². The molecular weight excluding hydrogens is 326 g/mol. The first-order valence-electron chi connectivity index (χ1n) is 7.56. The molecule has 0 saturated heterocycles. The van der Waals surface area contributed by atoms with Crippen molar-refractivity contribution in [3.63, 3.8) is 0 Å². The molecule has 1 aromatic carbocycles. The third kappa shape index (κ3) is 3.18. The highest BCUT2D eigenvalue weighted by molar-refractivity contribution is 5.72. The fourth-order valence-corrected chi connectivity index (χ4v) is 2.56. The summed E-state index contributed by atoms with van der Waals surface area (Å²) in [5.41, 5.74) is 1.31. The Morgan fingerprint density at radius 2 is 2.00 bits per heavy atom. The number of aliphatic carboxylic acids is 1. The van der Waals surface area contributed by atoms with Crippen molar-refractivity contribution in [2.24, 2.45) is 0 Å². The van der Waals surface area contributed by atoms with Crippen LogP contribution in [0, 0.1) is 0 Å². The molecule has 0 saturated carbocycles. The van der Waals surface area contributed by atoms with E-state index in [9.17, 15) is 9.59 Å². The predicted molar refractivity (Wildman–Crippen MR) is 90.2 cm³/mol. The summed E-state index contributed by atoms with van der Waals surface area (Å²) in [7, 11) is 3.12. The third-order valence-corrected chi connectivity index (χ3v) is 3.85. The number of hydrogen-bond acceptors (Lipinski definition) is 5. The Morgan fingerprint density at radius 1 is 1.20 bits per heavy atom. The summed E-state index contributed by atoms with van der Waals surface area (Å²) >= 11 is 0. The lowest BCUT2D eigenvalue weighted by Crippen LogP contribution is -2.22. The van der Waals surface area contributed by atoms with Crippen LogP contribution in [0.15, 0.2) is 41.5 Å². The first-order valence-corrected chi connectivity index (χ1v) is 7.56. The normalized spacial score (nSPS) is 10.8. The summed E-state index contributed by atoms with van der Waals surface area (Å²) in [6.45, 7) is 0.105. The van der Waals surface area contributed by atoms with Crippen LogP contribution < -0.4 is 15.0 Å². The molecule has 2 aromatic heterocycles. The molecule has 25 heavy (non-hydrogen) atoms. The van der Waals surface area contributed by atoms with Crippen molar-refractivity contribution < 1.29 is 19.4 Å². The smallest absolute Gasteiger partial charge is 0.305 e. The van der Waals surface area contributed by atoms with E-state index in [2.05, 4.69) is 5.10 Å². The summed E-state index contributed by atoms with van der Waals surface area (Å²) in [5.74, 6) is 0.296. The molecule has 3 rings (SSSR count). The molecule has 2 heterocycles. The minimum atomic E-state index is -0.956. The number of methoxy groups -OCH3 is 2. The van der Waals surface area contributed by atoms with Gasteiger partial charge in [-0.15, -0.1) is 0 Å².